The fraction of sp³-hybridized carbons (Fsp3) is 0.897. The molecule has 0 aromatic carbocycles. The van der Waals surface area contributed by atoms with Gasteiger partial charge in [0, 0.05) is 18.3 Å². The van der Waals surface area contributed by atoms with Crippen LogP contribution in [0, 0.1) is 50.2 Å². The van der Waals surface area contributed by atoms with Crippen molar-refractivity contribution in [2.24, 2.45) is 50.2 Å². The molecule has 5 aliphatic carbocycles. The van der Waals surface area contributed by atoms with Gasteiger partial charge < -0.3 is 9.84 Å². The van der Waals surface area contributed by atoms with Crippen molar-refractivity contribution in [2.75, 3.05) is 0 Å². The van der Waals surface area contributed by atoms with Crippen molar-refractivity contribution in [3.8, 4) is 0 Å². The molecule has 0 radical (unpaired) electrons. The van der Waals surface area contributed by atoms with Crippen LogP contribution in [0.3, 0.4) is 0 Å². The van der Waals surface area contributed by atoms with Crippen LogP contribution in [0.4, 0.5) is 0 Å². The summed E-state index contributed by atoms with van der Waals surface area (Å²) in [6, 6.07) is 0. The molecule has 0 aliphatic heterocycles. The molecule has 5 aliphatic rings. The molecule has 1 N–H and O–H groups in total. The predicted octanol–water partition coefficient (Wildman–Crippen LogP) is 10.5. The standard InChI is InChI=1S/C39H64O4/c1-34(2)22-23-36(5)24-25-38(7)27(28(36)26-34)16-17-30-37(6)20-19-31(35(3,4)29(37)18-21-39(30,38)8)43-33(42)15-13-11-9-10-12-14-32(40)41/h16,28-31H,9-15,17-26H2,1-8H3,(H,40,41)/t28-,29-,30+,31-,36+,37-,38+,39+/m0/s1. The molecule has 0 aromatic rings. The summed E-state index contributed by atoms with van der Waals surface area (Å²) in [5.74, 6) is 1.24. The summed E-state index contributed by atoms with van der Waals surface area (Å²) in [7, 11) is 0. The molecule has 0 unspecified atom stereocenters. The zero-order chi connectivity index (χ0) is 31.5. The molecule has 4 heteroatoms. The lowest BCUT2D eigenvalue weighted by molar-refractivity contribution is -0.212. The zero-order valence-electron chi connectivity index (χ0n) is 29.1. The Labute approximate surface area is 263 Å². The Bertz CT molecular complexity index is 1100. The van der Waals surface area contributed by atoms with Crippen molar-refractivity contribution >= 4 is 11.9 Å². The maximum absolute atomic E-state index is 13.0. The smallest absolute Gasteiger partial charge is 0.306 e. The largest absolute Gasteiger partial charge is 0.481 e. The van der Waals surface area contributed by atoms with Gasteiger partial charge in [0.15, 0.2) is 0 Å². The minimum Gasteiger partial charge on any atom is -0.481 e. The summed E-state index contributed by atoms with van der Waals surface area (Å²) >= 11 is 0. The van der Waals surface area contributed by atoms with Gasteiger partial charge in [0.05, 0.1) is 0 Å². The van der Waals surface area contributed by atoms with Crippen LogP contribution in [0.2, 0.25) is 0 Å². The number of esters is 1. The summed E-state index contributed by atoms with van der Waals surface area (Å²) in [4.78, 5) is 23.7. The fourth-order valence-corrected chi connectivity index (χ4v) is 12.0. The lowest BCUT2D eigenvalue weighted by Crippen LogP contribution is -2.64. The Kier molecular flexibility index (Phi) is 8.83. The molecule has 0 heterocycles. The second-order valence-corrected chi connectivity index (χ2v) is 18.4. The van der Waals surface area contributed by atoms with E-state index in [1.165, 1.54) is 51.4 Å². The number of carboxylic acid groups (broad SMARTS) is 1. The van der Waals surface area contributed by atoms with E-state index in [1.54, 1.807) is 0 Å². The molecular formula is C39H64O4. The van der Waals surface area contributed by atoms with E-state index in [2.05, 4.69) is 61.5 Å². The number of fused-ring (bicyclic) bond motifs is 7. The molecule has 0 saturated heterocycles. The summed E-state index contributed by atoms with van der Waals surface area (Å²) in [5, 5.41) is 8.80. The van der Waals surface area contributed by atoms with E-state index in [0.29, 0.717) is 39.9 Å². The number of hydrogen-bond donors (Lipinski definition) is 1. The fourth-order valence-electron chi connectivity index (χ4n) is 12.0. The van der Waals surface area contributed by atoms with Gasteiger partial charge in [-0.1, -0.05) is 86.3 Å². The number of carboxylic acids is 1. The first-order chi connectivity index (χ1) is 20.0. The van der Waals surface area contributed by atoms with E-state index in [9.17, 15) is 9.59 Å². The zero-order valence-corrected chi connectivity index (χ0v) is 29.1. The van der Waals surface area contributed by atoms with Crippen molar-refractivity contribution in [1.29, 1.82) is 0 Å². The predicted molar refractivity (Wildman–Crippen MR) is 175 cm³/mol. The highest BCUT2D eigenvalue weighted by atomic mass is 16.5. The normalized spacial score (nSPS) is 42.8. The SMILES string of the molecule is CC1(C)CC[C@]2(C)CC[C@]3(C)C(=CC[C@@H]4[C@@]5(C)CC[C@H](OC(=O)CCCCCCCC(=O)O)C(C)(C)[C@@H]5CC[C@]43C)[C@@H]2C1. The number of carbonyl (C=O) groups is 2. The third-order valence-corrected chi connectivity index (χ3v) is 15.0. The second-order valence-electron chi connectivity index (χ2n) is 18.4. The number of rotatable bonds is 9. The molecule has 5 rings (SSSR count). The monoisotopic (exact) mass is 596 g/mol. The highest BCUT2D eigenvalue weighted by Crippen LogP contribution is 2.75. The highest BCUT2D eigenvalue weighted by molar-refractivity contribution is 5.69. The summed E-state index contributed by atoms with van der Waals surface area (Å²) in [5.41, 5.74) is 3.65. The average molecular weight is 597 g/mol. The molecule has 4 saturated carbocycles. The number of aliphatic carboxylic acids is 1. The summed E-state index contributed by atoms with van der Waals surface area (Å²) < 4.78 is 6.29. The molecule has 0 spiro atoms. The van der Waals surface area contributed by atoms with E-state index in [1.807, 2.05) is 5.57 Å². The maximum Gasteiger partial charge on any atom is 0.306 e. The maximum atomic E-state index is 13.0. The van der Waals surface area contributed by atoms with E-state index >= 15 is 0 Å². The van der Waals surface area contributed by atoms with Crippen molar-refractivity contribution in [1.82, 2.24) is 0 Å². The molecule has 0 amide bonds. The first-order valence-corrected chi connectivity index (χ1v) is 18.1. The van der Waals surface area contributed by atoms with Gasteiger partial charge in [0.2, 0.25) is 0 Å². The van der Waals surface area contributed by atoms with Gasteiger partial charge >= 0.3 is 11.9 Å². The van der Waals surface area contributed by atoms with Crippen LogP contribution in [-0.4, -0.2) is 23.1 Å². The first kappa shape index (κ1) is 33.1. The van der Waals surface area contributed by atoms with E-state index in [-0.39, 0.29) is 29.3 Å². The minimum atomic E-state index is -0.721. The van der Waals surface area contributed by atoms with Gasteiger partial charge in [-0.25, -0.2) is 0 Å². The lowest BCUT2D eigenvalue weighted by Gasteiger charge is -2.71. The quantitative estimate of drug-likeness (QED) is 0.163. The first-order valence-electron chi connectivity index (χ1n) is 18.1. The Morgan fingerprint density at radius 1 is 0.791 bits per heavy atom. The van der Waals surface area contributed by atoms with E-state index in [0.717, 1.165) is 50.9 Å². The van der Waals surface area contributed by atoms with Crippen molar-refractivity contribution in [3.05, 3.63) is 11.6 Å². The van der Waals surface area contributed by atoms with Crippen molar-refractivity contribution in [2.45, 2.75) is 171 Å². The van der Waals surface area contributed by atoms with Crippen LogP contribution in [0.5, 0.6) is 0 Å². The number of ether oxygens (including phenoxy) is 1. The van der Waals surface area contributed by atoms with Crippen molar-refractivity contribution < 1.29 is 19.4 Å². The summed E-state index contributed by atoms with van der Waals surface area (Å²) in [6.07, 6.45) is 20.7. The van der Waals surface area contributed by atoms with Gasteiger partial charge in [0.1, 0.15) is 6.10 Å². The van der Waals surface area contributed by atoms with E-state index in [4.69, 9.17) is 9.84 Å². The van der Waals surface area contributed by atoms with Gasteiger partial charge in [-0.2, -0.15) is 0 Å². The number of carbonyl (C=O) groups excluding carboxylic acids is 1. The second kappa shape index (κ2) is 11.5. The average Bonchev–Trinajstić information content (AvgIpc) is 2.91. The molecule has 43 heavy (non-hydrogen) atoms. The van der Waals surface area contributed by atoms with E-state index < -0.39 is 5.97 Å². The minimum absolute atomic E-state index is 0.00290. The number of hydrogen-bond acceptors (Lipinski definition) is 3. The third kappa shape index (κ3) is 5.66. The van der Waals surface area contributed by atoms with Crippen LogP contribution in [0.1, 0.15) is 165 Å². The van der Waals surface area contributed by atoms with Crippen LogP contribution < -0.4 is 0 Å². The van der Waals surface area contributed by atoms with Gasteiger partial charge in [-0.3, -0.25) is 9.59 Å². The van der Waals surface area contributed by atoms with Crippen LogP contribution in [0.25, 0.3) is 0 Å². The number of unbranched alkanes of at least 4 members (excludes halogenated alkanes) is 4. The Morgan fingerprint density at radius 3 is 2.14 bits per heavy atom. The molecule has 0 bridgehead atoms. The Hall–Kier alpha value is -1.32. The van der Waals surface area contributed by atoms with Gasteiger partial charge in [0.25, 0.3) is 0 Å². The molecular weight excluding hydrogens is 532 g/mol. The van der Waals surface area contributed by atoms with Gasteiger partial charge in [-0.05, 0) is 122 Å². The highest BCUT2D eigenvalue weighted by Gasteiger charge is 2.68. The van der Waals surface area contributed by atoms with Gasteiger partial charge in [-0.15, -0.1) is 0 Å². The van der Waals surface area contributed by atoms with Crippen molar-refractivity contribution in [3.63, 3.8) is 0 Å². The molecule has 4 fully saturated rings. The Balaban J connectivity index is 1.27. The Morgan fingerprint density at radius 2 is 1.44 bits per heavy atom. The van der Waals surface area contributed by atoms with Crippen LogP contribution in [-0.2, 0) is 14.3 Å². The van der Waals surface area contributed by atoms with Crippen LogP contribution >= 0.6 is 0 Å². The molecule has 4 nitrogen and oxygen atoms in total. The van der Waals surface area contributed by atoms with Crippen LogP contribution in [0.15, 0.2) is 11.6 Å². The lowest BCUT2D eigenvalue weighted by atomic mass is 9.33. The summed E-state index contributed by atoms with van der Waals surface area (Å²) in [6.45, 7) is 20.5. The topological polar surface area (TPSA) is 63.6 Å². The molecule has 8 atom stereocenters. The third-order valence-electron chi connectivity index (χ3n) is 15.0. The molecule has 0 aromatic heterocycles. The number of allylic oxidation sites excluding steroid dienone is 2. The molecule has 244 valence electrons.